The Labute approximate surface area is 149 Å². The molecule has 0 aliphatic rings. The van der Waals surface area contributed by atoms with Gasteiger partial charge < -0.3 is 9.30 Å². The molecule has 2 heterocycles. The summed E-state index contributed by atoms with van der Waals surface area (Å²) in [6, 6.07) is 15.1. The van der Waals surface area contributed by atoms with E-state index in [1.54, 1.807) is 18.7 Å². The molecule has 0 aliphatic heterocycles. The zero-order chi connectivity index (χ0) is 18.4. The molecule has 0 atom stereocenters. The number of fused-ring (bicyclic) bond motifs is 3. The van der Waals surface area contributed by atoms with Crippen molar-refractivity contribution in [1.82, 2.24) is 13.7 Å². The molecular weight excluding hydrogens is 330 g/mol. The Morgan fingerprint density at radius 3 is 2.35 bits per heavy atom. The van der Waals surface area contributed by atoms with E-state index in [1.165, 1.54) is 4.57 Å². The molecule has 132 valence electrons. The van der Waals surface area contributed by atoms with Crippen LogP contribution in [0.1, 0.15) is 5.56 Å². The van der Waals surface area contributed by atoms with Crippen LogP contribution in [-0.4, -0.2) is 20.8 Å². The Bertz CT molecular complexity index is 1250. The van der Waals surface area contributed by atoms with Crippen molar-refractivity contribution >= 4 is 21.9 Å². The zero-order valence-corrected chi connectivity index (χ0v) is 14.9. The standard InChI is InChI=1S/C20H19N3O3/c1-21-16-10-9-14(26-3)11-15(16)17-18(21)19(24)23(20(25)22(17)2)12-13-7-5-4-6-8-13/h4-11H,12H2,1-3H3. The van der Waals surface area contributed by atoms with Crippen molar-refractivity contribution in [3.63, 3.8) is 0 Å². The number of ether oxygens (including phenoxy) is 1. The molecule has 6 heteroatoms. The lowest BCUT2D eigenvalue weighted by atomic mass is 10.2. The van der Waals surface area contributed by atoms with Crippen molar-refractivity contribution in [3.8, 4) is 5.75 Å². The normalized spacial score (nSPS) is 11.3. The Balaban J connectivity index is 2.09. The van der Waals surface area contributed by atoms with Crippen molar-refractivity contribution in [2.75, 3.05) is 7.11 Å². The Morgan fingerprint density at radius 1 is 0.923 bits per heavy atom. The molecule has 0 fully saturated rings. The molecule has 0 saturated heterocycles. The number of rotatable bonds is 3. The second-order valence-electron chi connectivity index (χ2n) is 6.36. The average Bonchev–Trinajstić information content (AvgIpc) is 2.96. The Kier molecular flexibility index (Phi) is 3.68. The molecule has 2 aromatic carbocycles. The van der Waals surface area contributed by atoms with Gasteiger partial charge in [0, 0.05) is 19.5 Å². The summed E-state index contributed by atoms with van der Waals surface area (Å²) in [6.45, 7) is 0.243. The van der Waals surface area contributed by atoms with Crippen molar-refractivity contribution in [1.29, 1.82) is 0 Å². The lowest BCUT2D eigenvalue weighted by Crippen LogP contribution is -2.39. The summed E-state index contributed by atoms with van der Waals surface area (Å²) >= 11 is 0. The summed E-state index contributed by atoms with van der Waals surface area (Å²) < 4.78 is 9.97. The van der Waals surface area contributed by atoms with E-state index in [0.29, 0.717) is 16.8 Å². The number of hydrogen-bond donors (Lipinski definition) is 0. The van der Waals surface area contributed by atoms with Crippen LogP contribution < -0.4 is 16.0 Å². The number of aromatic nitrogens is 3. The van der Waals surface area contributed by atoms with Crippen LogP contribution in [0.25, 0.3) is 21.9 Å². The van der Waals surface area contributed by atoms with Gasteiger partial charge in [0.25, 0.3) is 5.56 Å². The molecule has 0 saturated carbocycles. The second-order valence-corrected chi connectivity index (χ2v) is 6.36. The maximum absolute atomic E-state index is 13.1. The molecule has 0 spiro atoms. The van der Waals surface area contributed by atoms with Crippen LogP contribution >= 0.6 is 0 Å². The van der Waals surface area contributed by atoms with Gasteiger partial charge in [0.1, 0.15) is 11.3 Å². The molecule has 2 aromatic heterocycles. The van der Waals surface area contributed by atoms with Crippen LogP contribution in [0.15, 0.2) is 58.1 Å². The van der Waals surface area contributed by atoms with Gasteiger partial charge in [-0.2, -0.15) is 0 Å². The third kappa shape index (κ3) is 2.26. The topological polar surface area (TPSA) is 58.2 Å². The van der Waals surface area contributed by atoms with E-state index < -0.39 is 0 Å². The molecule has 0 N–H and O–H groups in total. The molecule has 6 nitrogen and oxygen atoms in total. The van der Waals surface area contributed by atoms with Crippen molar-refractivity contribution < 1.29 is 4.74 Å². The Hall–Kier alpha value is -3.28. The van der Waals surface area contributed by atoms with Crippen LogP contribution in [0.2, 0.25) is 0 Å². The van der Waals surface area contributed by atoms with Gasteiger partial charge in [-0.1, -0.05) is 30.3 Å². The summed E-state index contributed by atoms with van der Waals surface area (Å²) in [5.41, 5.74) is 2.30. The molecule has 0 aliphatic carbocycles. The summed E-state index contributed by atoms with van der Waals surface area (Å²) in [4.78, 5) is 26.0. The van der Waals surface area contributed by atoms with E-state index in [9.17, 15) is 9.59 Å². The molecule has 0 amide bonds. The lowest BCUT2D eigenvalue weighted by molar-refractivity contribution is 0.415. The summed E-state index contributed by atoms with van der Waals surface area (Å²) in [7, 11) is 5.14. The van der Waals surface area contributed by atoms with Crippen LogP contribution in [0.5, 0.6) is 5.75 Å². The van der Waals surface area contributed by atoms with Gasteiger partial charge in [0.05, 0.1) is 24.7 Å². The fraction of sp³-hybridized carbons (Fsp3) is 0.200. The maximum Gasteiger partial charge on any atom is 0.331 e. The van der Waals surface area contributed by atoms with Gasteiger partial charge in [0.2, 0.25) is 0 Å². The van der Waals surface area contributed by atoms with Gasteiger partial charge in [-0.05, 0) is 23.8 Å². The van der Waals surface area contributed by atoms with E-state index >= 15 is 0 Å². The van der Waals surface area contributed by atoms with E-state index in [1.807, 2.05) is 60.1 Å². The molecule has 4 aromatic rings. The largest absolute Gasteiger partial charge is 0.497 e. The van der Waals surface area contributed by atoms with Crippen LogP contribution in [0.3, 0.4) is 0 Å². The summed E-state index contributed by atoms with van der Waals surface area (Å²) in [5, 5.41) is 0.824. The third-order valence-corrected chi connectivity index (χ3v) is 4.86. The number of nitrogens with zero attached hydrogens (tertiary/aromatic N) is 3. The molecule has 26 heavy (non-hydrogen) atoms. The number of methoxy groups -OCH3 is 1. The maximum atomic E-state index is 13.1. The molecule has 4 rings (SSSR count). The van der Waals surface area contributed by atoms with Gasteiger partial charge in [0.15, 0.2) is 0 Å². The van der Waals surface area contributed by atoms with Gasteiger partial charge in [-0.3, -0.25) is 13.9 Å². The first-order chi connectivity index (χ1) is 12.5. The first kappa shape index (κ1) is 16.2. The van der Waals surface area contributed by atoms with Gasteiger partial charge in [-0.25, -0.2) is 4.79 Å². The van der Waals surface area contributed by atoms with E-state index in [2.05, 4.69) is 0 Å². The zero-order valence-electron chi connectivity index (χ0n) is 14.9. The van der Waals surface area contributed by atoms with E-state index in [-0.39, 0.29) is 17.8 Å². The van der Waals surface area contributed by atoms with Crippen molar-refractivity contribution in [3.05, 3.63) is 74.9 Å². The van der Waals surface area contributed by atoms with Crippen LogP contribution in [0.4, 0.5) is 0 Å². The smallest absolute Gasteiger partial charge is 0.331 e. The minimum atomic E-state index is -0.332. The molecule has 0 radical (unpaired) electrons. The van der Waals surface area contributed by atoms with Crippen LogP contribution in [-0.2, 0) is 20.6 Å². The highest BCUT2D eigenvalue weighted by molar-refractivity contribution is 6.06. The lowest BCUT2D eigenvalue weighted by Gasteiger charge is -2.09. The Morgan fingerprint density at radius 2 is 1.65 bits per heavy atom. The van der Waals surface area contributed by atoms with Gasteiger partial charge >= 0.3 is 5.69 Å². The highest BCUT2D eigenvalue weighted by atomic mass is 16.5. The molecular formula is C20H19N3O3. The van der Waals surface area contributed by atoms with Crippen LogP contribution in [0, 0.1) is 0 Å². The first-order valence-electron chi connectivity index (χ1n) is 8.33. The minimum absolute atomic E-state index is 0.243. The van der Waals surface area contributed by atoms with E-state index in [4.69, 9.17) is 4.74 Å². The molecule has 0 bridgehead atoms. The highest BCUT2D eigenvalue weighted by Crippen LogP contribution is 2.28. The average molecular weight is 349 g/mol. The fourth-order valence-electron chi connectivity index (χ4n) is 3.51. The quantitative estimate of drug-likeness (QED) is 0.570. The second kappa shape index (κ2) is 5.91. The minimum Gasteiger partial charge on any atom is -0.497 e. The summed E-state index contributed by atoms with van der Waals surface area (Å²) in [5.74, 6) is 0.686. The number of hydrogen-bond acceptors (Lipinski definition) is 3. The predicted molar refractivity (Wildman–Crippen MR) is 102 cm³/mol. The summed E-state index contributed by atoms with van der Waals surface area (Å²) in [6.07, 6.45) is 0. The monoisotopic (exact) mass is 349 g/mol. The van der Waals surface area contributed by atoms with E-state index in [0.717, 1.165) is 16.5 Å². The molecule has 0 unspecified atom stereocenters. The van der Waals surface area contributed by atoms with Crippen molar-refractivity contribution in [2.24, 2.45) is 14.1 Å². The number of aryl methyl sites for hydroxylation is 2. The first-order valence-corrected chi connectivity index (χ1v) is 8.33. The van der Waals surface area contributed by atoms with Gasteiger partial charge in [-0.15, -0.1) is 0 Å². The predicted octanol–water partition coefficient (Wildman–Crippen LogP) is 2.25. The number of benzene rings is 2. The van der Waals surface area contributed by atoms with Crippen molar-refractivity contribution in [2.45, 2.75) is 6.54 Å². The fourth-order valence-corrected chi connectivity index (χ4v) is 3.51. The SMILES string of the molecule is COc1ccc2c(c1)c1c(c(=O)n(Cc3ccccc3)c(=O)n1C)n2C. The highest BCUT2D eigenvalue weighted by Gasteiger charge is 2.19. The third-order valence-electron chi connectivity index (χ3n) is 4.86.